The van der Waals surface area contributed by atoms with E-state index in [4.69, 9.17) is 4.42 Å². The summed E-state index contributed by atoms with van der Waals surface area (Å²) in [4.78, 5) is 0. The topological polar surface area (TPSA) is 13.1 Å². The van der Waals surface area contributed by atoms with Crippen LogP contribution in [-0.2, 0) is 0 Å². The fraction of sp³-hybridized carbons (Fsp3) is 0.500. The summed E-state index contributed by atoms with van der Waals surface area (Å²) in [5.74, 6) is 0. The summed E-state index contributed by atoms with van der Waals surface area (Å²) in [6.07, 6.45) is 4.09. The molecule has 0 amide bonds. The van der Waals surface area contributed by atoms with E-state index in [1.807, 2.05) is 6.07 Å². The first-order valence-electron chi connectivity index (χ1n) is 3.91. The lowest BCUT2D eigenvalue weighted by molar-refractivity contribution is 0.598. The van der Waals surface area contributed by atoms with E-state index in [1.54, 1.807) is 6.26 Å². The molecule has 0 bridgehead atoms. The van der Waals surface area contributed by atoms with E-state index in [0.29, 0.717) is 6.71 Å². The summed E-state index contributed by atoms with van der Waals surface area (Å²) >= 11 is 0. The van der Waals surface area contributed by atoms with Gasteiger partial charge < -0.3 is 4.42 Å². The maximum Gasteiger partial charge on any atom is 0.222 e. The molecular weight excluding hydrogens is 123 g/mol. The zero-order valence-electron chi connectivity index (χ0n) is 6.63. The van der Waals surface area contributed by atoms with E-state index in [0.717, 1.165) is 5.66 Å². The molecule has 0 spiro atoms. The van der Waals surface area contributed by atoms with Crippen LogP contribution in [-0.4, -0.2) is 6.71 Å². The lowest BCUT2D eigenvalue weighted by Gasteiger charge is -2.02. The number of hydrogen-bond donors (Lipinski definition) is 0. The van der Waals surface area contributed by atoms with Crippen LogP contribution in [0.5, 0.6) is 0 Å². The van der Waals surface area contributed by atoms with Crippen LogP contribution in [0.3, 0.4) is 0 Å². The van der Waals surface area contributed by atoms with Crippen molar-refractivity contribution in [3.8, 4) is 0 Å². The van der Waals surface area contributed by atoms with E-state index in [-0.39, 0.29) is 0 Å². The van der Waals surface area contributed by atoms with Crippen LogP contribution in [0.1, 0.15) is 13.8 Å². The van der Waals surface area contributed by atoms with E-state index >= 15 is 0 Å². The van der Waals surface area contributed by atoms with Crippen LogP contribution in [0.15, 0.2) is 22.8 Å². The van der Waals surface area contributed by atoms with Gasteiger partial charge >= 0.3 is 0 Å². The van der Waals surface area contributed by atoms with Gasteiger partial charge in [0.2, 0.25) is 6.71 Å². The van der Waals surface area contributed by atoms with Gasteiger partial charge in [-0.25, -0.2) is 0 Å². The SMILES string of the molecule is CCB(CC)c1ccco1. The van der Waals surface area contributed by atoms with Gasteiger partial charge in [0, 0.05) is 0 Å². The van der Waals surface area contributed by atoms with Gasteiger partial charge in [-0.05, 0) is 12.1 Å². The van der Waals surface area contributed by atoms with Gasteiger partial charge in [0.25, 0.3) is 0 Å². The Labute approximate surface area is 62.5 Å². The minimum absolute atomic E-state index is 0.620. The van der Waals surface area contributed by atoms with Crippen LogP contribution in [0.2, 0.25) is 12.6 Å². The molecule has 54 valence electrons. The Hall–Kier alpha value is -0.655. The molecule has 10 heavy (non-hydrogen) atoms. The highest BCUT2D eigenvalue weighted by Crippen LogP contribution is 1.99. The van der Waals surface area contributed by atoms with Crippen molar-refractivity contribution in [2.24, 2.45) is 0 Å². The molecule has 1 aromatic heterocycles. The maximum absolute atomic E-state index is 5.28. The highest BCUT2D eigenvalue weighted by atomic mass is 16.3. The summed E-state index contributed by atoms with van der Waals surface area (Å²) in [6.45, 7) is 5.00. The molecule has 0 saturated carbocycles. The fourth-order valence-corrected chi connectivity index (χ4v) is 1.21. The third-order valence-corrected chi connectivity index (χ3v) is 1.93. The molecule has 0 saturated heterocycles. The minimum atomic E-state index is 0.620. The Bertz CT molecular complexity index is 165. The van der Waals surface area contributed by atoms with Gasteiger partial charge in [-0.3, -0.25) is 0 Å². The second kappa shape index (κ2) is 3.50. The third-order valence-electron chi connectivity index (χ3n) is 1.93. The Kier molecular flexibility index (Phi) is 2.61. The average molecular weight is 136 g/mol. The van der Waals surface area contributed by atoms with Gasteiger partial charge in [-0.2, -0.15) is 0 Å². The molecule has 0 aromatic carbocycles. The van der Waals surface area contributed by atoms with Gasteiger partial charge in [0.05, 0.1) is 11.9 Å². The second-order valence-electron chi connectivity index (χ2n) is 2.53. The molecule has 1 rings (SSSR count). The second-order valence-corrected chi connectivity index (χ2v) is 2.53. The van der Waals surface area contributed by atoms with Crippen molar-refractivity contribution in [3.63, 3.8) is 0 Å². The van der Waals surface area contributed by atoms with Crippen LogP contribution in [0, 0.1) is 0 Å². The van der Waals surface area contributed by atoms with Gasteiger partial charge in [-0.1, -0.05) is 26.5 Å². The molecule has 2 heteroatoms. The van der Waals surface area contributed by atoms with Crippen LogP contribution in [0.4, 0.5) is 0 Å². The average Bonchev–Trinajstić information content (AvgIpc) is 2.43. The number of rotatable bonds is 3. The van der Waals surface area contributed by atoms with Crippen LogP contribution in [0.25, 0.3) is 0 Å². The van der Waals surface area contributed by atoms with Crippen molar-refractivity contribution in [3.05, 3.63) is 18.4 Å². The van der Waals surface area contributed by atoms with Crippen molar-refractivity contribution in [1.82, 2.24) is 0 Å². The van der Waals surface area contributed by atoms with Crippen molar-refractivity contribution in [1.29, 1.82) is 0 Å². The maximum atomic E-state index is 5.28. The smallest absolute Gasteiger partial charge is 0.222 e. The Morgan fingerprint density at radius 3 is 2.50 bits per heavy atom. The standard InChI is InChI=1S/C8H13BO/c1-3-9(4-2)8-6-5-7-10-8/h5-7H,3-4H2,1-2H3. The molecule has 0 aliphatic heterocycles. The molecule has 0 aliphatic carbocycles. The first-order valence-corrected chi connectivity index (χ1v) is 3.91. The fourth-order valence-electron chi connectivity index (χ4n) is 1.21. The normalized spacial score (nSPS) is 9.80. The number of furan rings is 1. The van der Waals surface area contributed by atoms with Gasteiger partial charge in [-0.15, -0.1) is 0 Å². The molecule has 1 nitrogen and oxygen atoms in total. The van der Waals surface area contributed by atoms with Crippen molar-refractivity contribution >= 4 is 12.4 Å². The molecular formula is C8H13BO. The van der Waals surface area contributed by atoms with Crippen molar-refractivity contribution in [2.75, 3.05) is 0 Å². The summed E-state index contributed by atoms with van der Waals surface area (Å²) in [5.41, 5.74) is 1.13. The Balaban J connectivity index is 2.64. The molecule has 1 heterocycles. The molecule has 0 fully saturated rings. The Morgan fingerprint density at radius 1 is 1.40 bits per heavy atom. The first kappa shape index (κ1) is 7.45. The molecule has 0 aliphatic rings. The summed E-state index contributed by atoms with van der Waals surface area (Å²) in [6, 6.07) is 4.01. The van der Waals surface area contributed by atoms with E-state index < -0.39 is 0 Å². The van der Waals surface area contributed by atoms with E-state index in [1.165, 1.54) is 12.6 Å². The highest BCUT2D eigenvalue weighted by Gasteiger charge is 2.13. The Morgan fingerprint density at radius 2 is 2.10 bits per heavy atom. The number of hydrogen-bond acceptors (Lipinski definition) is 1. The summed E-state index contributed by atoms with van der Waals surface area (Å²) in [7, 11) is 0. The minimum Gasteiger partial charge on any atom is -0.480 e. The van der Waals surface area contributed by atoms with Gasteiger partial charge in [0.1, 0.15) is 0 Å². The monoisotopic (exact) mass is 136 g/mol. The van der Waals surface area contributed by atoms with Crippen molar-refractivity contribution < 1.29 is 4.42 Å². The van der Waals surface area contributed by atoms with Crippen LogP contribution >= 0.6 is 0 Å². The summed E-state index contributed by atoms with van der Waals surface area (Å²) in [5, 5.41) is 0. The van der Waals surface area contributed by atoms with E-state index in [2.05, 4.69) is 19.9 Å². The largest absolute Gasteiger partial charge is 0.480 e. The molecule has 0 N–H and O–H groups in total. The third kappa shape index (κ3) is 1.44. The zero-order valence-corrected chi connectivity index (χ0v) is 6.63. The highest BCUT2D eigenvalue weighted by molar-refractivity contribution is 6.71. The quantitative estimate of drug-likeness (QED) is 0.579. The molecule has 0 atom stereocenters. The predicted molar refractivity (Wildman–Crippen MR) is 45.1 cm³/mol. The van der Waals surface area contributed by atoms with Gasteiger partial charge in [0.15, 0.2) is 0 Å². The first-order chi connectivity index (χ1) is 4.88. The molecule has 0 unspecified atom stereocenters. The zero-order chi connectivity index (χ0) is 7.40. The predicted octanol–water partition coefficient (Wildman–Crippen LogP) is 2.02. The lowest BCUT2D eigenvalue weighted by Crippen LogP contribution is -2.26. The van der Waals surface area contributed by atoms with E-state index in [9.17, 15) is 0 Å². The molecule has 1 aromatic rings. The van der Waals surface area contributed by atoms with Crippen molar-refractivity contribution in [2.45, 2.75) is 26.5 Å². The lowest BCUT2D eigenvalue weighted by atomic mass is 9.44. The summed E-state index contributed by atoms with van der Waals surface area (Å²) < 4.78 is 5.28. The van der Waals surface area contributed by atoms with Crippen LogP contribution < -0.4 is 5.66 Å². The molecule has 0 radical (unpaired) electrons.